The highest BCUT2D eigenvalue weighted by Gasteiger charge is 2.17. The standard InChI is InChI=1S/C17H20ClNO2/c1-12(20)17-15(9-6-10-16(17)21-3)19(2)11-13-7-4-5-8-14(13)18/h4-10,12,20H,11H2,1-3H3/t12-/m0/s1. The molecule has 1 atom stereocenters. The summed E-state index contributed by atoms with van der Waals surface area (Å²) in [5.74, 6) is 0.688. The second kappa shape index (κ2) is 6.83. The molecule has 0 aliphatic carbocycles. The molecule has 112 valence electrons. The maximum absolute atomic E-state index is 10.1. The Morgan fingerprint density at radius 2 is 1.90 bits per heavy atom. The molecule has 21 heavy (non-hydrogen) atoms. The van der Waals surface area contributed by atoms with E-state index < -0.39 is 6.10 Å². The maximum Gasteiger partial charge on any atom is 0.126 e. The second-order valence-electron chi connectivity index (χ2n) is 5.02. The Balaban J connectivity index is 2.35. The highest BCUT2D eigenvalue weighted by atomic mass is 35.5. The number of hydrogen-bond donors (Lipinski definition) is 1. The molecule has 3 nitrogen and oxygen atoms in total. The summed E-state index contributed by atoms with van der Waals surface area (Å²) in [6, 6.07) is 13.5. The molecule has 0 fully saturated rings. The van der Waals surface area contributed by atoms with E-state index in [9.17, 15) is 5.11 Å². The first-order valence-electron chi connectivity index (χ1n) is 6.84. The summed E-state index contributed by atoms with van der Waals surface area (Å²) in [5.41, 5.74) is 2.76. The third kappa shape index (κ3) is 3.49. The average molecular weight is 306 g/mol. The van der Waals surface area contributed by atoms with Crippen LogP contribution in [0.25, 0.3) is 0 Å². The zero-order valence-corrected chi connectivity index (χ0v) is 13.3. The minimum Gasteiger partial charge on any atom is -0.496 e. The van der Waals surface area contributed by atoms with Gasteiger partial charge in [-0.15, -0.1) is 0 Å². The highest BCUT2D eigenvalue weighted by molar-refractivity contribution is 6.31. The van der Waals surface area contributed by atoms with Crippen molar-refractivity contribution in [1.82, 2.24) is 0 Å². The van der Waals surface area contributed by atoms with Crippen molar-refractivity contribution in [3.63, 3.8) is 0 Å². The molecule has 0 aliphatic rings. The lowest BCUT2D eigenvalue weighted by Gasteiger charge is -2.25. The third-order valence-electron chi connectivity index (χ3n) is 3.46. The molecule has 0 unspecified atom stereocenters. The monoisotopic (exact) mass is 305 g/mol. The van der Waals surface area contributed by atoms with Crippen LogP contribution in [0, 0.1) is 0 Å². The highest BCUT2D eigenvalue weighted by Crippen LogP contribution is 2.35. The van der Waals surface area contributed by atoms with Gasteiger partial charge >= 0.3 is 0 Å². The minimum absolute atomic E-state index is 0.607. The van der Waals surface area contributed by atoms with E-state index in [0.29, 0.717) is 12.3 Å². The SMILES string of the molecule is COc1cccc(N(C)Cc2ccccc2Cl)c1[C@H](C)O. The molecular weight excluding hydrogens is 286 g/mol. The predicted octanol–water partition coefficient (Wildman–Crippen LogP) is 4.04. The number of halogens is 1. The summed E-state index contributed by atoms with van der Waals surface area (Å²) < 4.78 is 5.36. The van der Waals surface area contributed by atoms with Gasteiger partial charge < -0.3 is 14.7 Å². The largest absolute Gasteiger partial charge is 0.496 e. The smallest absolute Gasteiger partial charge is 0.126 e. The number of aliphatic hydroxyl groups excluding tert-OH is 1. The Labute approximate surface area is 130 Å². The van der Waals surface area contributed by atoms with Gasteiger partial charge in [-0.1, -0.05) is 35.9 Å². The fourth-order valence-electron chi connectivity index (χ4n) is 2.43. The molecular formula is C17H20ClNO2. The number of hydrogen-bond acceptors (Lipinski definition) is 3. The van der Waals surface area contributed by atoms with Crippen molar-refractivity contribution >= 4 is 17.3 Å². The number of nitrogens with zero attached hydrogens (tertiary/aromatic N) is 1. The van der Waals surface area contributed by atoms with E-state index in [1.54, 1.807) is 14.0 Å². The molecule has 2 rings (SSSR count). The van der Waals surface area contributed by atoms with Crippen LogP contribution in [-0.4, -0.2) is 19.3 Å². The first-order valence-corrected chi connectivity index (χ1v) is 7.22. The molecule has 2 aromatic carbocycles. The Morgan fingerprint density at radius 1 is 1.19 bits per heavy atom. The van der Waals surface area contributed by atoms with Gasteiger partial charge in [-0.25, -0.2) is 0 Å². The number of benzene rings is 2. The van der Waals surface area contributed by atoms with E-state index in [4.69, 9.17) is 16.3 Å². The first kappa shape index (κ1) is 15.7. The van der Waals surface area contributed by atoms with Crippen LogP contribution >= 0.6 is 11.6 Å². The van der Waals surface area contributed by atoms with Gasteiger partial charge in [-0.05, 0) is 30.7 Å². The van der Waals surface area contributed by atoms with Crippen molar-refractivity contribution in [2.45, 2.75) is 19.6 Å². The van der Waals surface area contributed by atoms with Gasteiger partial charge in [0.1, 0.15) is 5.75 Å². The van der Waals surface area contributed by atoms with Gasteiger partial charge in [0.25, 0.3) is 0 Å². The van der Waals surface area contributed by atoms with Gasteiger partial charge in [0.2, 0.25) is 0 Å². The Bertz CT molecular complexity index is 613. The van der Waals surface area contributed by atoms with Crippen LogP contribution in [0.4, 0.5) is 5.69 Å². The summed E-state index contributed by atoms with van der Waals surface area (Å²) in [4.78, 5) is 2.06. The zero-order chi connectivity index (χ0) is 15.4. The summed E-state index contributed by atoms with van der Waals surface area (Å²) in [6.07, 6.45) is -0.607. The van der Waals surface area contributed by atoms with Crippen LogP contribution < -0.4 is 9.64 Å². The van der Waals surface area contributed by atoms with Gasteiger partial charge in [0.15, 0.2) is 0 Å². The Kier molecular flexibility index (Phi) is 5.10. The lowest BCUT2D eigenvalue weighted by atomic mass is 10.1. The van der Waals surface area contributed by atoms with E-state index in [-0.39, 0.29) is 0 Å². The Hall–Kier alpha value is -1.71. The number of anilines is 1. The summed E-state index contributed by atoms with van der Waals surface area (Å²) in [7, 11) is 3.59. The van der Waals surface area contributed by atoms with Crippen LogP contribution in [0.5, 0.6) is 5.75 Å². The van der Waals surface area contributed by atoms with Gasteiger partial charge in [0, 0.05) is 29.9 Å². The maximum atomic E-state index is 10.1. The van der Waals surface area contributed by atoms with E-state index in [1.165, 1.54) is 0 Å². The summed E-state index contributed by atoms with van der Waals surface area (Å²) in [6.45, 7) is 2.40. The first-order chi connectivity index (χ1) is 10.0. The van der Waals surface area contributed by atoms with Crippen molar-refractivity contribution in [3.05, 3.63) is 58.6 Å². The molecule has 0 aliphatic heterocycles. The van der Waals surface area contributed by atoms with Crippen molar-refractivity contribution in [2.75, 3.05) is 19.1 Å². The predicted molar refractivity (Wildman–Crippen MR) is 87.2 cm³/mol. The van der Waals surface area contributed by atoms with Crippen molar-refractivity contribution in [3.8, 4) is 5.75 Å². The number of rotatable bonds is 5. The van der Waals surface area contributed by atoms with Crippen LogP contribution in [0.3, 0.4) is 0 Å². The second-order valence-corrected chi connectivity index (χ2v) is 5.42. The Morgan fingerprint density at radius 3 is 2.52 bits per heavy atom. The average Bonchev–Trinajstić information content (AvgIpc) is 2.48. The molecule has 0 aromatic heterocycles. The van der Waals surface area contributed by atoms with Crippen LogP contribution in [0.15, 0.2) is 42.5 Å². The van der Waals surface area contributed by atoms with Gasteiger partial charge in [-0.3, -0.25) is 0 Å². The van der Waals surface area contributed by atoms with Crippen LogP contribution in [0.2, 0.25) is 5.02 Å². The van der Waals surface area contributed by atoms with E-state index in [2.05, 4.69) is 4.90 Å². The fourth-order valence-corrected chi connectivity index (χ4v) is 2.63. The van der Waals surface area contributed by atoms with Crippen molar-refractivity contribution in [2.24, 2.45) is 0 Å². The quantitative estimate of drug-likeness (QED) is 0.905. The molecule has 0 saturated carbocycles. The van der Waals surface area contributed by atoms with Gasteiger partial charge in [-0.2, -0.15) is 0 Å². The summed E-state index contributed by atoms with van der Waals surface area (Å²) in [5, 5.41) is 10.8. The molecule has 0 saturated heterocycles. The van der Waals surface area contributed by atoms with E-state index in [1.807, 2.05) is 49.5 Å². The minimum atomic E-state index is -0.607. The molecule has 0 spiro atoms. The molecule has 0 heterocycles. The third-order valence-corrected chi connectivity index (χ3v) is 3.83. The van der Waals surface area contributed by atoms with E-state index >= 15 is 0 Å². The summed E-state index contributed by atoms with van der Waals surface area (Å²) >= 11 is 6.22. The lowest BCUT2D eigenvalue weighted by Crippen LogP contribution is -2.19. The molecule has 0 bridgehead atoms. The van der Waals surface area contributed by atoms with Crippen LogP contribution in [-0.2, 0) is 6.54 Å². The molecule has 0 amide bonds. The normalized spacial score (nSPS) is 12.0. The molecule has 1 N–H and O–H groups in total. The number of aliphatic hydroxyl groups is 1. The van der Waals surface area contributed by atoms with E-state index in [0.717, 1.165) is 21.8 Å². The number of methoxy groups -OCH3 is 1. The molecule has 4 heteroatoms. The van der Waals surface area contributed by atoms with Crippen molar-refractivity contribution in [1.29, 1.82) is 0 Å². The fraction of sp³-hybridized carbons (Fsp3) is 0.294. The van der Waals surface area contributed by atoms with Gasteiger partial charge in [0.05, 0.1) is 13.2 Å². The molecule has 0 radical (unpaired) electrons. The van der Waals surface area contributed by atoms with Crippen LogP contribution in [0.1, 0.15) is 24.2 Å². The van der Waals surface area contributed by atoms with Crippen molar-refractivity contribution < 1.29 is 9.84 Å². The molecule has 2 aromatic rings. The lowest BCUT2D eigenvalue weighted by molar-refractivity contribution is 0.194. The topological polar surface area (TPSA) is 32.7 Å². The zero-order valence-electron chi connectivity index (χ0n) is 12.5. The number of ether oxygens (including phenoxy) is 1.